The summed E-state index contributed by atoms with van der Waals surface area (Å²) in [5.74, 6) is 0.380. The van der Waals surface area contributed by atoms with Gasteiger partial charge in [-0.25, -0.2) is 8.42 Å². The first-order valence-electron chi connectivity index (χ1n) is 10.1. The molecule has 0 saturated carbocycles. The first-order valence-corrected chi connectivity index (χ1v) is 11.5. The van der Waals surface area contributed by atoms with Crippen molar-refractivity contribution in [3.05, 3.63) is 48.0 Å². The molecule has 0 aromatic heterocycles. The van der Waals surface area contributed by atoms with Crippen LogP contribution in [0.2, 0.25) is 0 Å². The minimum atomic E-state index is -3.56. The highest BCUT2D eigenvalue weighted by Gasteiger charge is 2.32. The van der Waals surface area contributed by atoms with E-state index in [1.54, 1.807) is 34.6 Å². The molecule has 0 aliphatic carbocycles. The monoisotopic (exact) mass is 432 g/mol. The van der Waals surface area contributed by atoms with Gasteiger partial charge in [0, 0.05) is 18.3 Å². The van der Waals surface area contributed by atoms with Crippen LogP contribution in [0.4, 0.5) is 5.69 Å². The zero-order chi connectivity index (χ0) is 21.7. The average Bonchev–Trinajstić information content (AvgIpc) is 2.78. The van der Waals surface area contributed by atoms with Gasteiger partial charge >= 0.3 is 0 Å². The number of methoxy groups -OCH3 is 2. The molecule has 1 saturated heterocycles. The number of sulfonamides is 1. The summed E-state index contributed by atoms with van der Waals surface area (Å²) >= 11 is 0. The number of rotatable bonds is 7. The van der Waals surface area contributed by atoms with Crippen LogP contribution >= 0.6 is 0 Å². The maximum Gasteiger partial charge on any atom is 0.263 e. The first-order chi connectivity index (χ1) is 14.4. The van der Waals surface area contributed by atoms with Crippen molar-refractivity contribution in [1.29, 1.82) is 0 Å². The third kappa shape index (κ3) is 4.44. The van der Waals surface area contributed by atoms with Gasteiger partial charge in [0.1, 0.15) is 17.1 Å². The lowest BCUT2D eigenvalue weighted by Gasteiger charge is -2.34. The first kappa shape index (κ1) is 22.1. The van der Waals surface area contributed by atoms with Crippen molar-refractivity contribution in [3.63, 3.8) is 0 Å². The predicted octanol–water partition coefficient (Wildman–Crippen LogP) is 3.91. The SMILES string of the molecule is CCC1CCCCN1S(=O)(=O)c1ccc(NC(=O)c2c(OC)cccc2OC)cc1. The molecule has 30 heavy (non-hydrogen) atoms. The van der Waals surface area contributed by atoms with Crippen LogP contribution in [0.1, 0.15) is 43.0 Å². The third-order valence-corrected chi connectivity index (χ3v) is 7.38. The Morgan fingerprint density at radius 3 is 2.27 bits per heavy atom. The smallest absolute Gasteiger partial charge is 0.263 e. The van der Waals surface area contributed by atoms with E-state index in [9.17, 15) is 13.2 Å². The second-order valence-electron chi connectivity index (χ2n) is 7.19. The summed E-state index contributed by atoms with van der Waals surface area (Å²) in [7, 11) is -0.598. The van der Waals surface area contributed by atoms with E-state index in [-0.39, 0.29) is 16.5 Å². The van der Waals surface area contributed by atoms with E-state index in [4.69, 9.17) is 9.47 Å². The van der Waals surface area contributed by atoms with Crippen LogP contribution < -0.4 is 14.8 Å². The fraction of sp³-hybridized carbons (Fsp3) is 0.409. The van der Waals surface area contributed by atoms with Gasteiger partial charge in [-0.2, -0.15) is 4.31 Å². The highest BCUT2D eigenvalue weighted by atomic mass is 32.2. The minimum Gasteiger partial charge on any atom is -0.496 e. The Morgan fingerprint density at radius 2 is 1.70 bits per heavy atom. The molecule has 1 aliphatic heterocycles. The molecule has 0 bridgehead atoms. The Morgan fingerprint density at radius 1 is 1.07 bits per heavy atom. The quantitative estimate of drug-likeness (QED) is 0.717. The summed E-state index contributed by atoms with van der Waals surface area (Å²) in [6.45, 7) is 2.57. The number of hydrogen-bond donors (Lipinski definition) is 1. The fourth-order valence-electron chi connectivity index (χ4n) is 3.81. The van der Waals surface area contributed by atoms with Crippen LogP contribution in [0.5, 0.6) is 11.5 Å². The average molecular weight is 433 g/mol. The molecule has 1 unspecified atom stereocenters. The number of nitrogens with one attached hydrogen (secondary N) is 1. The van der Waals surface area contributed by atoms with Gasteiger partial charge in [0.05, 0.1) is 19.1 Å². The van der Waals surface area contributed by atoms with Crippen LogP contribution in [0.15, 0.2) is 47.4 Å². The van der Waals surface area contributed by atoms with E-state index in [0.29, 0.717) is 23.7 Å². The van der Waals surface area contributed by atoms with Gasteiger partial charge in [0.15, 0.2) is 0 Å². The molecule has 0 radical (unpaired) electrons. The Hall–Kier alpha value is -2.58. The van der Waals surface area contributed by atoms with Crippen molar-refractivity contribution in [2.45, 2.75) is 43.5 Å². The highest BCUT2D eigenvalue weighted by Crippen LogP contribution is 2.30. The lowest BCUT2D eigenvalue weighted by molar-refractivity contribution is 0.102. The van der Waals surface area contributed by atoms with Gasteiger partial charge < -0.3 is 14.8 Å². The molecule has 1 N–H and O–H groups in total. The summed E-state index contributed by atoms with van der Waals surface area (Å²) < 4.78 is 38.3. The maximum absolute atomic E-state index is 13.1. The van der Waals surface area contributed by atoms with E-state index >= 15 is 0 Å². The Kier molecular flexibility index (Phi) is 6.99. The van der Waals surface area contributed by atoms with Gasteiger partial charge in [0.25, 0.3) is 5.91 Å². The van der Waals surface area contributed by atoms with Crippen molar-refractivity contribution >= 4 is 21.6 Å². The zero-order valence-corrected chi connectivity index (χ0v) is 18.4. The maximum atomic E-state index is 13.1. The lowest BCUT2D eigenvalue weighted by Crippen LogP contribution is -2.43. The number of nitrogens with zero attached hydrogens (tertiary/aromatic N) is 1. The molecule has 2 aromatic rings. The van der Waals surface area contributed by atoms with E-state index < -0.39 is 15.9 Å². The number of carbonyl (C=O) groups is 1. The number of piperidine rings is 1. The largest absolute Gasteiger partial charge is 0.496 e. The van der Waals surface area contributed by atoms with Gasteiger partial charge in [-0.15, -0.1) is 0 Å². The summed E-state index contributed by atoms with van der Waals surface area (Å²) in [6.07, 6.45) is 3.63. The second-order valence-corrected chi connectivity index (χ2v) is 9.08. The number of carbonyl (C=O) groups excluding carboxylic acids is 1. The van der Waals surface area contributed by atoms with Crippen molar-refractivity contribution in [2.75, 3.05) is 26.1 Å². The van der Waals surface area contributed by atoms with Gasteiger partial charge in [-0.1, -0.05) is 19.4 Å². The van der Waals surface area contributed by atoms with Crippen LogP contribution in [-0.2, 0) is 10.0 Å². The van der Waals surface area contributed by atoms with Crippen molar-refractivity contribution in [2.24, 2.45) is 0 Å². The van der Waals surface area contributed by atoms with Crippen molar-refractivity contribution < 1.29 is 22.7 Å². The topological polar surface area (TPSA) is 84.9 Å². The number of benzene rings is 2. The molecule has 1 amide bonds. The molecule has 1 aliphatic rings. The highest BCUT2D eigenvalue weighted by molar-refractivity contribution is 7.89. The van der Waals surface area contributed by atoms with E-state index in [2.05, 4.69) is 5.32 Å². The normalized spacial score (nSPS) is 17.4. The lowest BCUT2D eigenvalue weighted by atomic mass is 10.0. The van der Waals surface area contributed by atoms with E-state index in [1.807, 2.05) is 6.92 Å². The van der Waals surface area contributed by atoms with Crippen LogP contribution in [0.3, 0.4) is 0 Å². The molecule has 1 atom stereocenters. The third-order valence-electron chi connectivity index (χ3n) is 5.42. The Bertz CT molecular complexity index is 967. The Labute approximate surface area is 178 Å². The molecular formula is C22H28N2O5S. The minimum absolute atomic E-state index is 0.0427. The van der Waals surface area contributed by atoms with E-state index in [0.717, 1.165) is 25.7 Å². The number of ether oxygens (including phenoxy) is 2. The Balaban J connectivity index is 1.81. The number of hydrogen-bond acceptors (Lipinski definition) is 5. The molecule has 162 valence electrons. The molecule has 2 aromatic carbocycles. The van der Waals surface area contributed by atoms with Gasteiger partial charge in [0.2, 0.25) is 10.0 Å². The summed E-state index contributed by atoms with van der Waals surface area (Å²) in [6, 6.07) is 11.4. The summed E-state index contributed by atoms with van der Waals surface area (Å²) in [5, 5.41) is 2.78. The molecular weight excluding hydrogens is 404 g/mol. The summed E-state index contributed by atoms with van der Waals surface area (Å²) in [5.41, 5.74) is 0.760. The second kappa shape index (κ2) is 9.49. The molecule has 1 heterocycles. The standard InChI is InChI=1S/C22H28N2O5S/c1-4-17-8-5-6-15-24(17)30(26,27)18-13-11-16(12-14-18)23-22(25)21-19(28-2)9-7-10-20(21)29-3/h7,9-14,17H,4-6,8,15H2,1-3H3,(H,23,25). The van der Waals surface area contributed by atoms with Crippen molar-refractivity contribution in [3.8, 4) is 11.5 Å². The molecule has 1 fully saturated rings. The zero-order valence-electron chi connectivity index (χ0n) is 17.6. The van der Waals surface area contributed by atoms with Crippen LogP contribution in [0, 0.1) is 0 Å². The predicted molar refractivity (Wildman–Crippen MR) is 116 cm³/mol. The van der Waals surface area contributed by atoms with Crippen LogP contribution in [0.25, 0.3) is 0 Å². The van der Waals surface area contributed by atoms with E-state index in [1.165, 1.54) is 26.4 Å². The molecule has 8 heteroatoms. The number of amides is 1. The molecule has 0 spiro atoms. The molecule has 3 rings (SSSR count). The van der Waals surface area contributed by atoms with Crippen LogP contribution in [-0.4, -0.2) is 45.4 Å². The number of anilines is 1. The summed E-state index contributed by atoms with van der Waals surface area (Å²) in [4.78, 5) is 13.0. The van der Waals surface area contributed by atoms with Crippen molar-refractivity contribution in [1.82, 2.24) is 4.31 Å². The van der Waals surface area contributed by atoms with Gasteiger partial charge in [-0.05, 0) is 55.7 Å². The molecule has 7 nitrogen and oxygen atoms in total. The fourth-order valence-corrected chi connectivity index (χ4v) is 5.58. The van der Waals surface area contributed by atoms with Gasteiger partial charge in [-0.3, -0.25) is 4.79 Å².